The summed E-state index contributed by atoms with van der Waals surface area (Å²) < 4.78 is 0. The van der Waals surface area contributed by atoms with E-state index in [-0.39, 0.29) is 6.10 Å². The molecule has 3 nitrogen and oxygen atoms in total. The van der Waals surface area contributed by atoms with Gasteiger partial charge in [0.1, 0.15) is 0 Å². The molecule has 1 saturated carbocycles. The van der Waals surface area contributed by atoms with Crippen LogP contribution in [-0.2, 0) is 0 Å². The molecule has 1 unspecified atom stereocenters. The first kappa shape index (κ1) is 17.9. The van der Waals surface area contributed by atoms with Crippen molar-refractivity contribution in [2.75, 3.05) is 25.0 Å². The summed E-state index contributed by atoms with van der Waals surface area (Å²) in [5, 5.41) is 10.9. The Labute approximate surface area is 161 Å². The number of β-amino-alcohol motifs (C(OH)–C–C–N with tert-alkyl or cyclic N) is 1. The van der Waals surface area contributed by atoms with Gasteiger partial charge < -0.3 is 14.9 Å². The van der Waals surface area contributed by atoms with Crippen LogP contribution in [-0.4, -0.2) is 42.3 Å². The molecule has 0 radical (unpaired) electrons. The van der Waals surface area contributed by atoms with Gasteiger partial charge in [0.2, 0.25) is 0 Å². The molecule has 4 heteroatoms. The zero-order chi connectivity index (χ0) is 17.9. The molecule has 0 spiro atoms. The Kier molecular flexibility index (Phi) is 5.53. The van der Waals surface area contributed by atoms with Gasteiger partial charge in [0.05, 0.1) is 24.0 Å². The molecule has 2 aliphatic rings. The van der Waals surface area contributed by atoms with Gasteiger partial charge in [-0.1, -0.05) is 55.3 Å². The lowest BCUT2D eigenvalue weighted by Gasteiger charge is -2.36. The number of aliphatic hydroxyl groups excluding tert-OH is 1. The van der Waals surface area contributed by atoms with Crippen LogP contribution in [0.4, 0.5) is 11.4 Å². The Hall–Kier alpha value is -1.49. The fourth-order valence-corrected chi connectivity index (χ4v) is 5.35. The molecule has 1 aliphatic carbocycles. The maximum atomic E-state index is 10.9. The largest absolute Gasteiger partial charge is 0.390 e. The van der Waals surface area contributed by atoms with E-state index in [0.717, 1.165) is 6.54 Å². The van der Waals surface area contributed by atoms with Crippen LogP contribution < -0.4 is 4.90 Å². The summed E-state index contributed by atoms with van der Waals surface area (Å²) in [7, 11) is 2.17. The summed E-state index contributed by atoms with van der Waals surface area (Å²) in [6, 6.07) is 17.6. The highest BCUT2D eigenvalue weighted by Crippen LogP contribution is 2.47. The predicted octanol–water partition coefficient (Wildman–Crippen LogP) is 4.91. The Morgan fingerprint density at radius 3 is 2.19 bits per heavy atom. The molecule has 0 bridgehead atoms. The van der Waals surface area contributed by atoms with E-state index >= 15 is 0 Å². The van der Waals surface area contributed by atoms with E-state index in [0.29, 0.717) is 12.6 Å². The van der Waals surface area contributed by atoms with Gasteiger partial charge >= 0.3 is 0 Å². The maximum Gasteiger partial charge on any atom is 0.0845 e. The number of hydrogen-bond acceptors (Lipinski definition) is 4. The average Bonchev–Trinajstić information content (AvgIpc) is 2.68. The molecule has 1 atom stereocenters. The molecule has 0 saturated heterocycles. The lowest BCUT2D eigenvalue weighted by atomic mass is 9.94. The molecule has 26 heavy (non-hydrogen) atoms. The molecule has 2 aromatic rings. The zero-order valence-corrected chi connectivity index (χ0v) is 16.3. The number of rotatable bonds is 5. The van der Waals surface area contributed by atoms with Crippen molar-refractivity contribution in [1.82, 2.24) is 4.90 Å². The number of nitrogens with zero attached hydrogens (tertiary/aromatic N) is 2. The summed E-state index contributed by atoms with van der Waals surface area (Å²) in [5.74, 6) is 0. The number of benzene rings is 2. The first-order valence-corrected chi connectivity index (χ1v) is 10.6. The van der Waals surface area contributed by atoms with Crippen LogP contribution in [0.2, 0.25) is 0 Å². The summed E-state index contributed by atoms with van der Waals surface area (Å²) >= 11 is 1.82. The fraction of sp³-hybridized carbons (Fsp3) is 0.455. The zero-order valence-electron chi connectivity index (χ0n) is 15.5. The fourth-order valence-electron chi connectivity index (χ4n) is 4.25. The van der Waals surface area contributed by atoms with Crippen molar-refractivity contribution in [3.63, 3.8) is 0 Å². The van der Waals surface area contributed by atoms with Gasteiger partial charge in [-0.15, -0.1) is 0 Å². The molecule has 2 aromatic carbocycles. The minimum Gasteiger partial charge on any atom is -0.390 e. The second-order valence-electron chi connectivity index (χ2n) is 7.53. The molecule has 1 heterocycles. The van der Waals surface area contributed by atoms with Gasteiger partial charge in [-0.25, -0.2) is 0 Å². The number of fused-ring (bicyclic) bond motifs is 2. The third-order valence-corrected chi connectivity index (χ3v) is 6.75. The molecule has 0 aromatic heterocycles. The summed E-state index contributed by atoms with van der Waals surface area (Å²) in [6.45, 7) is 1.37. The normalized spacial score (nSPS) is 18.5. The summed E-state index contributed by atoms with van der Waals surface area (Å²) in [5.41, 5.74) is 2.41. The van der Waals surface area contributed by atoms with Crippen molar-refractivity contribution in [1.29, 1.82) is 0 Å². The van der Waals surface area contributed by atoms with E-state index in [1.54, 1.807) is 0 Å². The van der Waals surface area contributed by atoms with Crippen LogP contribution in [0.5, 0.6) is 0 Å². The number of likely N-dealkylation sites (N-methyl/N-ethyl adjacent to an activating group) is 1. The smallest absolute Gasteiger partial charge is 0.0845 e. The van der Waals surface area contributed by atoms with E-state index in [9.17, 15) is 5.11 Å². The molecular formula is C22H28N2OS. The van der Waals surface area contributed by atoms with Crippen LogP contribution in [0.15, 0.2) is 58.3 Å². The standard InChI is InChI=1S/C22H28N2OS/c1-23(17-9-3-2-4-10-17)15-18(25)16-24-19-11-5-7-13-21(19)26-22-14-8-6-12-20(22)24/h5-8,11-14,17-18,25H,2-4,9-10,15-16H2,1H3. The van der Waals surface area contributed by atoms with E-state index in [4.69, 9.17) is 0 Å². The van der Waals surface area contributed by atoms with E-state index in [1.807, 2.05) is 11.8 Å². The molecule has 138 valence electrons. The highest BCUT2D eigenvalue weighted by molar-refractivity contribution is 7.99. The minimum atomic E-state index is -0.369. The monoisotopic (exact) mass is 368 g/mol. The lowest BCUT2D eigenvalue weighted by Crippen LogP contribution is -2.42. The van der Waals surface area contributed by atoms with Crippen molar-refractivity contribution in [2.24, 2.45) is 0 Å². The molecule has 1 fully saturated rings. The van der Waals surface area contributed by atoms with Crippen molar-refractivity contribution in [2.45, 2.75) is 54.0 Å². The van der Waals surface area contributed by atoms with E-state index in [1.165, 1.54) is 53.3 Å². The number of anilines is 2. The van der Waals surface area contributed by atoms with Crippen LogP contribution in [0.25, 0.3) is 0 Å². The molecule has 1 aliphatic heterocycles. The van der Waals surface area contributed by atoms with Gasteiger partial charge in [-0.2, -0.15) is 0 Å². The predicted molar refractivity (Wildman–Crippen MR) is 110 cm³/mol. The Morgan fingerprint density at radius 1 is 1.00 bits per heavy atom. The van der Waals surface area contributed by atoms with Gasteiger partial charge in [-0.3, -0.25) is 0 Å². The van der Waals surface area contributed by atoms with E-state index in [2.05, 4.69) is 65.4 Å². The average molecular weight is 369 g/mol. The highest BCUT2D eigenvalue weighted by atomic mass is 32.2. The van der Waals surface area contributed by atoms with Crippen molar-refractivity contribution >= 4 is 23.1 Å². The van der Waals surface area contributed by atoms with Gasteiger partial charge in [0, 0.05) is 22.4 Å². The first-order chi connectivity index (χ1) is 12.7. The van der Waals surface area contributed by atoms with Crippen LogP contribution in [0.3, 0.4) is 0 Å². The van der Waals surface area contributed by atoms with Crippen LogP contribution >= 0.6 is 11.8 Å². The van der Waals surface area contributed by atoms with Gasteiger partial charge in [0.25, 0.3) is 0 Å². The number of para-hydroxylation sites is 2. The molecular weight excluding hydrogens is 340 g/mol. The quantitative estimate of drug-likeness (QED) is 0.811. The Bertz CT molecular complexity index is 699. The topological polar surface area (TPSA) is 26.7 Å². The highest BCUT2D eigenvalue weighted by Gasteiger charge is 2.26. The third kappa shape index (κ3) is 3.78. The Morgan fingerprint density at radius 2 is 1.58 bits per heavy atom. The van der Waals surface area contributed by atoms with Crippen molar-refractivity contribution in [3.8, 4) is 0 Å². The number of aliphatic hydroxyl groups is 1. The second-order valence-corrected chi connectivity index (χ2v) is 8.62. The Balaban J connectivity index is 1.50. The van der Waals surface area contributed by atoms with Gasteiger partial charge in [-0.05, 0) is 44.2 Å². The molecule has 4 rings (SSSR count). The maximum absolute atomic E-state index is 10.9. The molecule has 0 amide bonds. The minimum absolute atomic E-state index is 0.369. The lowest BCUT2D eigenvalue weighted by molar-refractivity contribution is 0.0961. The summed E-state index contributed by atoms with van der Waals surface area (Å²) in [6.07, 6.45) is 6.20. The molecule has 1 N–H and O–H groups in total. The van der Waals surface area contributed by atoms with E-state index < -0.39 is 0 Å². The van der Waals surface area contributed by atoms with Crippen molar-refractivity contribution in [3.05, 3.63) is 48.5 Å². The summed E-state index contributed by atoms with van der Waals surface area (Å²) in [4.78, 5) is 7.19. The van der Waals surface area contributed by atoms with Crippen molar-refractivity contribution < 1.29 is 5.11 Å². The van der Waals surface area contributed by atoms with Gasteiger partial charge in [0.15, 0.2) is 0 Å². The first-order valence-electron chi connectivity index (χ1n) is 9.74. The van der Waals surface area contributed by atoms with Crippen LogP contribution in [0, 0.1) is 0 Å². The third-order valence-electron chi connectivity index (χ3n) is 5.62. The second kappa shape index (κ2) is 8.03. The SMILES string of the molecule is CN(CC(O)CN1c2ccccc2Sc2ccccc21)C1CCCCC1. The number of hydrogen-bond donors (Lipinski definition) is 1. The van der Waals surface area contributed by atoms with Crippen LogP contribution in [0.1, 0.15) is 32.1 Å².